The molecule has 1 saturated carbocycles. The second kappa shape index (κ2) is 3.99. The van der Waals surface area contributed by atoms with E-state index in [-0.39, 0.29) is 0 Å². The van der Waals surface area contributed by atoms with Crippen molar-refractivity contribution in [2.75, 3.05) is 19.6 Å². The van der Waals surface area contributed by atoms with E-state index < -0.39 is 0 Å². The zero-order valence-corrected chi connectivity index (χ0v) is 11.6. The highest BCUT2D eigenvalue weighted by Gasteiger charge is 2.44. The standard InChI is InChI=1S/C14H28N2/c1-13(2,3)12-10-16(9-8-15-12)14(4,5)11-6-7-11/h11-12,15H,6-10H2,1-5H3. The van der Waals surface area contributed by atoms with Crippen molar-refractivity contribution < 1.29 is 0 Å². The summed E-state index contributed by atoms with van der Waals surface area (Å²) in [5.41, 5.74) is 0.796. The van der Waals surface area contributed by atoms with Crippen LogP contribution in [0.2, 0.25) is 0 Å². The number of piperazine rings is 1. The van der Waals surface area contributed by atoms with Crippen LogP contribution in [0.1, 0.15) is 47.5 Å². The molecule has 1 aliphatic carbocycles. The average molecular weight is 224 g/mol. The number of nitrogens with zero attached hydrogens (tertiary/aromatic N) is 1. The van der Waals surface area contributed by atoms with E-state index in [4.69, 9.17) is 0 Å². The van der Waals surface area contributed by atoms with Crippen LogP contribution in [0.3, 0.4) is 0 Å². The molecule has 16 heavy (non-hydrogen) atoms. The lowest BCUT2D eigenvalue weighted by Gasteiger charge is -2.47. The van der Waals surface area contributed by atoms with E-state index in [0.29, 0.717) is 17.0 Å². The molecule has 0 radical (unpaired) electrons. The molecule has 1 atom stereocenters. The maximum absolute atomic E-state index is 3.68. The molecule has 1 N–H and O–H groups in total. The van der Waals surface area contributed by atoms with Gasteiger partial charge in [0.15, 0.2) is 0 Å². The Balaban J connectivity index is 2.01. The summed E-state index contributed by atoms with van der Waals surface area (Å²) in [5, 5.41) is 3.68. The first-order valence-corrected chi connectivity index (χ1v) is 6.80. The smallest absolute Gasteiger partial charge is 0.0244 e. The van der Waals surface area contributed by atoms with Gasteiger partial charge in [-0.1, -0.05) is 20.8 Å². The van der Waals surface area contributed by atoms with Crippen molar-refractivity contribution in [3.8, 4) is 0 Å². The molecular weight excluding hydrogens is 196 g/mol. The predicted octanol–water partition coefficient (Wildman–Crippen LogP) is 2.49. The summed E-state index contributed by atoms with van der Waals surface area (Å²) < 4.78 is 0. The predicted molar refractivity (Wildman–Crippen MR) is 69.6 cm³/mol. The highest BCUT2D eigenvalue weighted by atomic mass is 15.3. The van der Waals surface area contributed by atoms with E-state index in [0.717, 1.165) is 12.5 Å². The van der Waals surface area contributed by atoms with Crippen molar-refractivity contribution in [1.82, 2.24) is 10.2 Å². The van der Waals surface area contributed by atoms with Crippen molar-refractivity contribution in [3.63, 3.8) is 0 Å². The molecule has 94 valence electrons. The maximum atomic E-state index is 3.68. The normalized spacial score (nSPS) is 29.4. The Morgan fingerprint density at radius 2 is 1.69 bits per heavy atom. The summed E-state index contributed by atoms with van der Waals surface area (Å²) in [6, 6.07) is 0.638. The fraction of sp³-hybridized carbons (Fsp3) is 1.00. The molecule has 0 bridgehead atoms. The van der Waals surface area contributed by atoms with Crippen LogP contribution in [0.5, 0.6) is 0 Å². The van der Waals surface area contributed by atoms with Gasteiger partial charge in [-0.15, -0.1) is 0 Å². The van der Waals surface area contributed by atoms with E-state index in [9.17, 15) is 0 Å². The Labute approximate surface area is 101 Å². The zero-order chi connectivity index (χ0) is 12.0. The van der Waals surface area contributed by atoms with Gasteiger partial charge in [-0.05, 0) is 38.0 Å². The molecule has 0 spiro atoms. The van der Waals surface area contributed by atoms with Crippen molar-refractivity contribution in [2.24, 2.45) is 11.3 Å². The molecule has 1 saturated heterocycles. The summed E-state index contributed by atoms with van der Waals surface area (Å²) in [7, 11) is 0. The van der Waals surface area contributed by atoms with Gasteiger partial charge < -0.3 is 5.32 Å². The van der Waals surface area contributed by atoms with Crippen LogP contribution in [0, 0.1) is 11.3 Å². The van der Waals surface area contributed by atoms with E-state index in [1.165, 1.54) is 25.9 Å². The van der Waals surface area contributed by atoms with Crippen LogP contribution in [-0.4, -0.2) is 36.1 Å². The highest BCUT2D eigenvalue weighted by Crippen LogP contribution is 2.43. The third kappa shape index (κ3) is 2.43. The lowest BCUT2D eigenvalue weighted by atomic mass is 9.83. The second-order valence-corrected chi connectivity index (χ2v) is 7.25. The number of hydrogen-bond acceptors (Lipinski definition) is 2. The van der Waals surface area contributed by atoms with Gasteiger partial charge in [0, 0.05) is 31.2 Å². The SMILES string of the molecule is CC(C)(C)C1CN(C(C)(C)C2CC2)CCN1. The maximum Gasteiger partial charge on any atom is 0.0244 e. The largest absolute Gasteiger partial charge is 0.311 e. The lowest BCUT2D eigenvalue weighted by Crippen LogP contribution is -2.61. The van der Waals surface area contributed by atoms with Gasteiger partial charge in [0.25, 0.3) is 0 Å². The van der Waals surface area contributed by atoms with Gasteiger partial charge >= 0.3 is 0 Å². The topological polar surface area (TPSA) is 15.3 Å². The highest BCUT2D eigenvalue weighted by molar-refractivity contribution is 5.00. The molecule has 2 fully saturated rings. The van der Waals surface area contributed by atoms with Crippen LogP contribution in [0.25, 0.3) is 0 Å². The van der Waals surface area contributed by atoms with E-state index in [1.54, 1.807) is 0 Å². The van der Waals surface area contributed by atoms with Gasteiger partial charge in [0.1, 0.15) is 0 Å². The van der Waals surface area contributed by atoms with Crippen molar-refractivity contribution in [3.05, 3.63) is 0 Å². The molecule has 1 aliphatic heterocycles. The first-order chi connectivity index (χ1) is 7.32. The third-order valence-corrected chi connectivity index (χ3v) is 4.61. The molecule has 2 nitrogen and oxygen atoms in total. The molecule has 2 aliphatic rings. The van der Waals surface area contributed by atoms with Crippen LogP contribution in [-0.2, 0) is 0 Å². The second-order valence-electron chi connectivity index (χ2n) is 7.25. The van der Waals surface area contributed by atoms with Crippen molar-refractivity contribution in [1.29, 1.82) is 0 Å². The van der Waals surface area contributed by atoms with Crippen LogP contribution in [0.15, 0.2) is 0 Å². The van der Waals surface area contributed by atoms with Gasteiger partial charge in [0.05, 0.1) is 0 Å². The molecule has 0 aromatic heterocycles. The molecule has 0 aromatic rings. The van der Waals surface area contributed by atoms with Crippen LogP contribution < -0.4 is 5.32 Å². The minimum Gasteiger partial charge on any atom is -0.311 e. The molecule has 0 aromatic carbocycles. The van der Waals surface area contributed by atoms with Crippen molar-refractivity contribution >= 4 is 0 Å². The monoisotopic (exact) mass is 224 g/mol. The molecule has 2 heteroatoms. The Morgan fingerprint density at radius 1 is 1.06 bits per heavy atom. The number of rotatable bonds is 2. The van der Waals surface area contributed by atoms with Gasteiger partial charge in [-0.25, -0.2) is 0 Å². The first-order valence-electron chi connectivity index (χ1n) is 6.80. The van der Waals surface area contributed by atoms with Gasteiger partial charge in [-0.3, -0.25) is 4.90 Å². The molecule has 0 amide bonds. The summed E-state index contributed by atoms with van der Waals surface area (Å²) in [6.07, 6.45) is 2.88. The molecule has 2 rings (SSSR count). The van der Waals surface area contributed by atoms with E-state index in [1.807, 2.05) is 0 Å². The Kier molecular flexibility index (Phi) is 3.09. The van der Waals surface area contributed by atoms with Gasteiger partial charge in [-0.2, -0.15) is 0 Å². The Morgan fingerprint density at radius 3 is 2.19 bits per heavy atom. The van der Waals surface area contributed by atoms with E-state index in [2.05, 4.69) is 44.8 Å². The van der Waals surface area contributed by atoms with Gasteiger partial charge in [0.2, 0.25) is 0 Å². The summed E-state index contributed by atoms with van der Waals surface area (Å²) in [4.78, 5) is 2.72. The van der Waals surface area contributed by atoms with Crippen LogP contribution in [0.4, 0.5) is 0 Å². The summed E-state index contributed by atoms with van der Waals surface area (Å²) in [6.45, 7) is 15.5. The number of hydrogen-bond donors (Lipinski definition) is 1. The minimum atomic E-state index is 0.373. The number of nitrogens with one attached hydrogen (secondary N) is 1. The Bertz CT molecular complexity index is 248. The molecule has 1 heterocycles. The minimum absolute atomic E-state index is 0.373. The molecular formula is C14H28N2. The quantitative estimate of drug-likeness (QED) is 0.775. The average Bonchev–Trinajstić information content (AvgIpc) is 3.00. The fourth-order valence-corrected chi connectivity index (χ4v) is 2.90. The summed E-state index contributed by atoms with van der Waals surface area (Å²) in [5.74, 6) is 0.950. The van der Waals surface area contributed by atoms with E-state index >= 15 is 0 Å². The van der Waals surface area contributed by atoms with Crippen molar-refractivity contribution in [2.45, 2.75) is 59.0 Å². The lowest BCUT2D eigenvalue weighted by molar-refractivity contribution is 0.0404. The summed E-state index contributed by atoms with van der Waals surface area (Å²) >= 11 is 0. The third-order valence-electron chi connectivity index (χ3n) is 4.61. The first kappa shape index (κ1) is 12.4. The zero-order valence-electron chi connectivity index (χ0n) is 11.6. The Hall–Kier alpha value is -0.0800. The molecule has 1 unspecified atom stereocenters. The fourth-order valence-electron chi connectivity index (χ4n) is 2.90. The van der Waals surface area contributed by atoms with Crippen LogP contribution >= 0.6 is 0 Å².